The second-order valence-corrected chi connectivity index (χ2v) is 4.40. The number of methoxy groups -OCH3 is 1. The highest BCUT2D eigenvalue weighted by atomic mass is 16.5. The number of benzene rings is 1. The molecule has 5 nitrogen and oxygen atoms in total. The third kappa shape index (κ3) is 2.31. The minimum atomic E-state index is 0.497. The number of ether oxygens (including phenoxy) is 1. The van der Waals surface area contributed by atoms with Gasteiger partial charge in [-0.1, -0.05) is 18.2 Å². The number of hydrogen-bond acceptors (Lipinski definition) is 4. The zero-order chi connectivity index (χ0) is 13.1. The van der Waals surface area contributed by atoms with Crippen molar-refractivity contribution in [2.45, 2.75) is 6.54 Å². The summed E-state index contributed by atoms with van der Waals surface area (Å²) in [5, 5.41) is 7.07. The van der Waals surface area contributed by atoms with E-state index >= 15 is 0 Å². The van der Waals surface area contributed by atoms with Crippen molar-refractivity contribution in [3.05, 3.63) is 30.0 Å². The second-order valence-electron chi connectivity index (χ2n) is 4.40. The van der Waals surface area contributed by atoms with Crippen molar-refractivity contribution in [2.75, 3.05) is 26.9 Å². The van der Waals surface area contributed by atoms with Gasteiger partial charge < -0.3 is 15.4 Å². The molecule has 0 aliphatic rings. The van der Waals surface area contributed by atoms with Crippen LogP contribution in [0, 0.1) is 0 Å². The fourth-order valence-corrected chi connectivity index (χ4v) is 1.98. The van der Waals surface area contributed by atoms with Gasteiger partial charge in [0.05, 0.1) is 18.4 Å². The van der Waals surface area contributed by atoms with E-state index in [0.717, 1.165) is 29.1 Å². The number of hydrogen-bond donors (Lipinski definition) is 2. The Morgan fingerprint density at radius 1 is 1.33 bits per heavy atom. The van der Waals surface area contributed by atoms with Crippen molar-refractivity contribution in [1.29, 1.82) is 0 Å². The van der Waals surface area contributed by atoms with Gasteiger partial charge in [0.15, 0.2) is 5.82 Å². The molecular weight excluding hydrogens is 228 g/mol. The van der Waals surface area contributed by atoms with E-state index in [1.807, 2.05) is 38.4 Å². The zero-order valence-electron chi connectivity index (χ0n) is 10.9. The van der Waals surface area contributed by atoms with Crippen molar-refractivity contribution in [3.63, 3.8) is 0 Å². The third-order valence-corrected chi connectivity index (χ3v) is 2.72. The van der Waals surface area contributed by atoms with E-state index in [1.54, 1.807) is 7.11 Å². The molecule has 2 aromatic rings. The van der Waals surface area contributed by atoms with Crippen LogP contribution in [0.1, 0.15) is 5.69 Å². The van der Waals surface area contributed by atoms with Crippen LogP contribution in [0.25, 0.3) is 11.1 Å². The predicted octanol–water partition coefficient (Wildman–Crippen LogP) is 1.73. The molecule has 0 radical (unpaired) electrons. The summed E-state index contributed by atoms with van der Waals surface area (Å²) in [6.45, 7) is 0.748. The minimum absolute atomic E-state index is 0.497. The number of nitrogens with two attached hydrogens (primary N) is 1. The SMILES string of the molecule is COc1ccccc1-c1c(N)n[nH]c1CN(C)C. The van der Waals surface area contributed by atoms with Gasteiger partial charge in [-0.25, -0.2) is 0 Å². The Labute approximate surface area is 107 Å². The molecule has 1 heterocycles. The molecule has 0 unspecified atom stereocenters. The van der Waals surface area contributed by atoms with E-state index in [1.165, 1.54) is 0 Å². The van der Waals surface area contributed by atoms with Crippen LogP contribution in [-0.2, 0) is 6.54 Å². The lowest BCUT2D eigenvalue weighted by Gasteiger charge is -2.12. The fourth-order valence-electron chi connectivity index (χ4n) is 1.98. The molecule has 3 N–H and O–H groups in total. The number of para-hydroxylation sites is 1. The number of aromatic amines is 1. The van der Waals surface area contributed by atoms with Crippen LogP contribution < -0.4 is 10.5 Å². The summed E-state index contributed by atoms with van der Waals surface area (Å²) in [6, 6.07) is 7.80. The van der Waals surface area contributed by atoms with Gasteiger partial charge >= 0.3 is 0 Å². The van der Waals surface area contributed by atoms with Gasteiger partial charge in [-0.15, -0.1) is 0 Å². The topological polar surface area (TPSA) is 67.2 Å². The summed E-state index contributed by atoms with van der Waals surface area (Å²) in [6.07, 6.45) is 0. The lowest BCUT2D eigenvalue weighted by Crippen LogP contribution is -2.11. The largest absolute Gasteiger partial charge is 0.496 e. The molecule has 1 aromatic carbocycles. The molecule has 0 saturated heterocycles. The first-order chi connectivity index (χ1) is 8.63. The molecule has 2 rings (SSSR count). The van der Waals surface area contributed by atoms with E-state index in [9.17, 15) is 0 Å². The summed E-state index contributed by atoms with van der Waals surface area (Å²) in [4.78, 5) is 2.06. The van der Waals surface area contributed by atoms with Gasteiger partial charge in [0, 0.05) is 12.1 Å². The van der Waals surface area contributed by atoms with E-state index < -0.39 is 0 Å². The maximum atomic E-state index is 5.96. The highest BCUT2D eigenvalue weighted by Gasteiger charge is 2.16. The van der Waals surface area contributed by atoms with Crippen LogP contribution in [0.4, 0.5) is 5.82 Å². The molecule has 18 heavy (non-hydrogen) atoms. The Morgan fingerprint density at radius 2 is 2.06 bits per heavy atom. The molecule has 0 fully saturated rings. The summed E-state index contributed by atoms with van der Waals surface area (Å²) in [5.74, 6) is 1.29. The van der Waals surface area contributed by atoms with Crippen molar-refractivity contribution >= 4 is 5.82 Å². The Morgan fingerprint density at radius 3 is 2.72 bits per heavy atom. The van der Waals surface area contributed by atoms with Gasteiger partial charge in [-0.05, 0) is 20.2 Å². The smallest absolute Gasteiger partial charge is 0.153 e. The number of anilines is 1. The fraction of sp³-hybridized carbons (Fsp3) is 0.308. The normalized spacial score (nSPS) is 10.9. The molecule has 5 heteroatoms. The molecule has 0 spiro atoms. The summed E-state index contributed by atoms with van der Waals surface area (Å²) < 4.78 is 5.37. The van der Waals surface area contributed by atoms with E-state index in [-0.39, 0.29) is 0 Å². The van der Waals surface area contributed by atoms with Crippen molar-refractivity contribution in [3.8, 4) is 16.9 Å². The molecule has 0 saturated carbocycles. The van der Waals surface area contributed by atoms with Gasteiger partial charge in [-0.2, -0.15) is 5.10 Å². The van der Waals surface area contributed by atoms with Gasteiger partial charge in [0.1, 0.15) is 5.75 Å². The van der Waals surface area contributed by atoms with Crippen LogP contribution in [0.5, 0.6) is 5.75 Å². The van der Waals surface area contributed by atoms with Crippen molar-refractivity contribution < 1.29 is 4.74 Å². The standard InChI is InChI=1S/C13H18N4O/c1-17(2)8-10-12(13(14)16-15-10)9-6-4-5-7-11(9)18-3/h4-7H,8H2,1-3H3,(H3,14,15,16). The van der Waals surface area contributed by atoms with Crippen LogP contribution in [0.2, 0.25) is 0 Å². The van der Waals surface area contributed by atoms with Crippen LogP contribution in [-0.4, -0.2) is 36.3 Å². The third-order valence-electron chi connectivity index (χ3n) is 2.72. The number of nitrogens with one attached hydrogen (secondary N) is 1. The number of nitrogens with zero attached hydrogens (tertiary/aromatic N) is 2. The first-order valence-corrected chi connectivity index (χ1v) is 5.74. The number of aromatic nitrogens is 2. The summed E-state index contributed by atoms with van der Waals surface area (Å²) in [7, 11) is 5.66. The molecular formula is C13H18N4O. The molecule has 0 aliphatic heterocycles. The van der Waals surface area contributed by atoms with Crippen LogP contribution in [0.15, 0.2) is 24.3 Å². The molecule has 0 atom stereocenters. The molecule has 0 bridgehead atoms. The Bertz CT molecular complexity index is 534. The van der Waals surface area contributed by atoms with E-state index in [2.05, 4.69) is 15.1 Å². The first-order valence-electron chi connectivity index (χ1n) is 5.74. The minimum Gasteiger partial charge on any atom is -0.496 e. The second kappa shape index (κ2) is 5.10. The first kappa shape index (κ1) is 12.4. The predicted molar refractivity (Wildman–Crippen MR) is 72.4 cm³/mol. The van der Waals surface area contributed by atoms with E-state index in [0.29, 0.717) is 5.82 Å². The maximum absolute atomic E-state index is 5.96. The summed E-state index contributed by atoms with van der Waals surface area (Å²) in [5.41, 5.74) is 8.82. The highest BCUT2D eigenvalue weighted by molar-refractivity contribution is 5.80. The summed E-state index contributed by atoms with van der Waals surface area (Å²) >= 11 is 0. The lowest BCUT2D eigenvalue weighted by molar-refractivity contribution is 0.396. The van der Waals surface area contributed by atoms with Gasteiger partial charge in [0.25, 0.3) is 0 Å². The quantitative estimate of drug-likeness (QED) is 0.862. The van der Waals surface area contributed by atoms with Crippen molar-refractivity contribution in [1.82, 2.24) is 15.1 Å². The Hall–Kier alpha value is -2.01. The van der Waals surface area contributed by atoms with Crippen LogP contribution in [0.3, 0.4) is 0 Å². The van der Waals surface area contributed by atoms with Crippen molar-refractivity contribution in [2.24, 2.45) is 0 Å². The maximum Gasteiger partial charge on any atom is 0.153 e. The number of nitrogen functional groups attached to an aromatic ring is 1. The Balaban J connectivity index is 2.52. The van der Waals surface area contributed by atoms with E-state index in [4.69, 9.17) is 10.5 Å². The van der Waals surface area contributed by atoms with Crippen LogP contribution >= 0.6 is 0 Å². The molecule has 1 aromatic heterocycles. The average molecular weight is 246 g/mol. The van der Waals surface area contributed by atoms with Gasteiger partial charge in [-0.3, -0.25) is 5.10 Å². The molecule has 0 aliphatic carbocycles. The number of H-pyrrole nitrogens is 1. The Kier molecular flexibility index (Phi) is 3.53. The zero-order valence-corrected chi connectivity index (χ0v) is 10.9. The average Bonchev–Trinajstić information content (AvgIpc) is 2.69. The molecule has 96 valence electrons. The lowest BCUT2D eigenvalue weighted by atomic mass is 10.0. The molecule has 0 amide bonds. The monoisotopic (exact) mass is 246 g/mol. The number of rotatable bonds is 4. The van der Waals surface area contributed by atoms with Gasteiger partial charge in [0.2, 0.25) is 0 Å². The highest BCUT2D eigenvalue weighted by Crippen LogP contribution is 2.35.